The second-order valence-corrected chi connectivity index (χ2v) is 7.89. The number of aliphatic imine (C=N–C) groups is 1. The standard InChI is InChI=1S/C21H24ClFN2O/c1-13-11-21(2,3)25(4)19-10-20(26-5)14(8-16(13)19)12-24-15-6-7-18(23)17(22)9-15/h6-10,12-13H,11H2,1-5H3. The first-order chi connectivity index (χ1) is 12.2. The van der Waals surface area contributed by atoms with Gasteiger partial charge in [-0.15, -0.1) is 0 Å². The molecule has 138 valence electrons. The molecule has 0 fully saturated rings. The summed E-state index contributed by atoms with van der Waals surface area (Å²) in [6, 6.07) is 8.64. The van der Waals surface area contributed by atoms with E-state index in [1.165, 1.54) is 23.4 Å². The SMILES string of the molecule is COc1cc2c(cc1C=Nc1ccc(F)c(Cl)c1)C(C)CC(C)(C)N2C. The average molecular weight is 375 g/mol. The van der Waals surface area contributed by atoms with Crippen LogP contribution in [0.5, 0.6) is 5.75 Å². The highest BCUT2D eigenvalue weighted by Gasteiger charge is 2.34. The van der Waals surface area contributed by atoms with Crippen LogP contribution in [0.2, 0.25) is 5.02 Å². The Kier molecular flexibility index (Phi) is 4.98. The minimum Gasteiger partial charge on any atom is -0.496 e. The second-order valence-electron chi connectivity index (χ2n) is 7.49. The minimum absolute atomic E-state index is 0.0644. The van der Waals surface area contributed by atoms with Crippen LogP contribution in [-0.2, 0) is 0 Å². The van der Waals surface area contributed by atoms with Gasteiger partial charge in [0.25, 0.3) is 0 Å². The van der Waals surface area contributed by atoms with Crippen LogP contribution in [0.3, 0.4) is 0 Å². The molecule has 26 heavy (non-hydrogen) atoms. The van der Waals surface area contributed by atoms with Gasteiger partial charge in [-0.05, 0) is 56.0 Å². The summed E-state index contributed by atoms with van der Waals surface area (Å²) in [5.74, 6) is 0.753. The third-order valence-corrected chi connectivity index (χ3v) is 5.53. The molecule has 0 saturated heterocycles. The van der Waals surface area contributed by atoms with Crippen molar-refractivity contribution in [2.45, 2.75) is 38.6 Å². The molecule has 2 aromatic carbocycles. The maximum atomic E-state index is 13.3. The van der Waals surface area contributed by atoms with E-state index in [0.29, 0.717) is 11.6 Å². The molecule has 5 heteroatoms. The zero-order chi connectivity index (χ0) is 19.1. The summed E-state index contributed by atoms with van der Waals surface area (Å²) < 4.78 is 18.9. The first-order valence-corrected chi connectivity index (χ1v) is 9.05. The summed E-state index contributed by atoms with van der Waals surface area (Å²) in [6.07, 6.45) is 2.82. The highest BCUT2D eigenvalue weighted by atomic mass is 35.5. The van der Waals surface area contributed by atoms with Crippen LogP contribution in [0.25, 0.3) is 0 Å². The van der Waals surface area contributed by atoms with Gasteiger partial charge in [0.1, 0.15) is 11.6 Å². The molecule has 1 aliphatic rings. The van der Waals surface area contributed by atoms with Crippen molar-refractivity contribution in [3.8, 4) is 5.75 Å². The molecule has 1 atom stereocenters. The summed E-state index contributed by atoms with van der Waals surface area (Å²) in [5.41, 5.74) is 4.06. The van der Waals surface area contributed by atoms with Gasteiger partial charge in [0, 0.05) is 36.1 Å². The zero-order valence-electron chi connectivity index (χ0n) is 15.8. The molecule has 0 bridgehead atoms. The second kappa shape index (κ2) is 6.92. The summed E-state index contributed by atoms with van der Waals surface area (Å²) in [4.78, 5) is 6.75. The van der Waals surface area contributed by atoms with Crippen molar-refractivity contribution in [1.29, 1.82) is 0 Å². The Morgan fingerprint density at radius 2 is 2.04 bits per heavy atom. The number of benzene rings is 2. The van der Waals surface area contributed by atoms with E-state index in [1.54, 1.807) is 19.4 Å². The zero-order valence-corrected chi connectivity index (χ0v) is 16.6. The normalized spacial score (nSPS) is 18.9. The molecule has 0 spiro atoms. The van der Waals surface area contributed by atoms with E-state index in [-0.39, 0.29) is 10.6 Å². The molecule has 1 heterocycles. The lowest BCUT2D eigenvalue weighted by Gasteiger charge is -2.45. The van der Waals surface area contributed by atoms with Crippen LogP contribution in [-0.4, -0.2) is 25.9 Å². The lowest BCUT2D eigenvalue weighted by atomic mass is 9.80. The van der Waals surface area contributed by atoms with Gasteiger partial charge >= 0.3 is 0 Å². The average Bonchev–Trinajstić information content (AvgIpc) is 2.60. The Balaban J connectivity index is 2.02. The number of fused-ring (bicyclic) bond motifs is 1. The van der Waals surface area contributed by atoms with Gasteiger partial charge in [0.05, 0.1) is 17.8 Å². The monoisotopic (exact) mass is 374 g/mol. The molecule has 0 aliphatic carbocycles. The lowest BCUT2D eigenvalue weighted by molar-refractivity contribution is 0.389. The number of methoxy groups -OCH3 is 1. The minimum atomic E-state index is -0.448. The Bertz CT molecular complexity index is 863. The van der Waals surface area contributed by atoms with Crippen molar-refractivity contribution >= 4 is 29.2 Å². The number of ether oxygens (including phenoxy) is 1. The van der Waals surface area contributed by atoms with Gasteiger partial charge in [-0.25, -0.2) is 4.39 Å². The summed E-state index contributed by atoms with van der Waals surface area (Å²) in [7, 11) is 3.78. The van der Waals surface area contributed by atoms with Crippen LogP contribution in [0.1, 0.15) is 44.2 Å². The van der Waals surface area contributed by atoms with Crippen molar-refractivity contribution in [2.24, 2.45) is 4.99 Å². The lowest BCUT2D eigenvalue weighted by Crippen LogP contribution is -2.45. The molecule has 2 aromatic rings. The quantitative estimate of drug-likeness (QED) is 0.619. The maximum Gasteiger partial charge on any atom is 0.141 e. The van der Waals surface area contributed by atoms with Crippen molar-refractivity contribution < 1.29 is 9.13 Å². The fraction of sp³-hybridized carbons (Fsp3) is 0.381. The van der Waals surface area contributed by atoms with Gasteiger partial charge in [0.2, 0.25) is 0 Å². The number of hydrogen-bond donors (Lipinski definition) is 0. The largest absolute Gasteiger partial charge is 0.496 e. The fourth-order valence-electron chi connectivity index (χ4n) is 3.60. The number of nitrogens with zero attached hydrogens (tertiary/aromatic N) is 2. The highest BCUT2D eigenvalue weighted by Crippen LogP contribution is 2.44. The Hall–Kier alpha value is -2.07. The molecular formula is C21H24ClFN2O. The molecule has 0 N–H and O–H groups in total. The third kappa shape index (κ3) is 3.43. The number of halogens is 2. The Labute approximate surface area is 159 Å². The van der Waals surface area contributed by atoms with Gasteiger partial charge < -0.3 is 9.64 Å². The van der Waals surface area contributed by atoms with E-state index in [2.05, 4.69) is 49.8 Å². The van der Waals surface area contributed by atoms with Crippen molar-refractivity contribution in [2.75, 3.05) is 19.1 Å². The molecule has 3 nitrogen and oxygen atoms in total. The van der Waals surface area contributed by atoms with Crippen LogP contribution >= 0.6 is 11.6 Å². The highest BCUT2D eigenvalue weighted by molar-refractivity contribution is 6.31. The molecule has 0 amide bonds. The van der Waals surface area contributed by atoms with E-state index in [1.807, 2.05) is 0 Å². The van der Waals surface area contributed by atoms with Crippen molar-refractivity contribution in [3.05, 3.63) is 52.3 Å². The number of anilines is 1. The predicted octanol–water partition coefficient (Wildman–Crippen LogP) is 5.96. The number of rotatable bonds is 3. The topological polar surface area (TPSA) is 24.8 Å². The predicted molar refractivity (Wildman–Crippen MR) is 107 cm³/mol. The van der Waals surface area contributed by atoms with E-state index >= 15 is 0 Å². The van der Waals surface area contributed by atoms with Crippen molar-refractivity contribution in [3.63, 3.8) is 0 Å². The summed E-state index contributed by atoms with van der Waals surface area (Å²) in [6.45, 7) is 6.76. The maximum absolute atomic E-state index is 13.3. The van der Waals surface area contributed by atoms with Crippen LogP contribution < -0.4 is 9.64 Å². The van der Waals surface area contributed by atoms with Crippen LogP contribution in [0.15, 0.2) is 35.3 Å². The molecule has 0 saturated carbocycles. The van der Waals surface area contributed by atoms with Gasteiger partial charge in [-0.1, -0.05) is 18.5 Å². The van der Waals surface area contributed by atoms with Crippen LogP contribution in [0.4, 0.5) is 15.8 Å². The molecule has 0 aromatic heterocycles. The fourth-order valence-corrected chi connectivity index (χ4v) is 3.77. The first-order valence-electron chi connectivity index (χ1n) is 8.68. The molecule has 1 aliphatic heterocycles. The first kappa shape index (κ1) is 18.7. The summed E-state index contributed by atoms with van der Waals surface area (Å²) >= 11 is 5.83. The molecule has 0 radical (unpaired) electrons. The van der Waals surface area contributed by atoms with Gasteiger partial charge in [0.15, 0.2) is 0 Å². The molecular weight excluding hydrogens is 351 g/mol. The van der Waals surface area contributed by atoms with Gasteiger partial charge in [-0.2, -0.15) is 0 Å². The van der Waals surface area contributed by atoms with Crippen molar-refractivity contribution in [1.82, 2.24) is 0 Å². The van der Waals surface area contributed by atoms with E-state index in [0.717, 1.165) is 17.7 Å². The Morgan fingerprint density at radius 3 is 2.69 bits per heavy atom. The van der Waals surface area contributed by atoms with Gasteiger partial charge in [-0.3, -0.25) is 4.99 Å². The Morgan fingerprint density at radius 1 is 1.31 bits per heavy atom. The van der Waals surface area contributed by atoms with E-state index < -0.39 is 5.82 Å². The molecule has 1 unspecified atom stereocenters. The van der Waals surface area contributed by atoms with E-state index in [9.17, 15) is 4.39 Å². The molecule has 3 rings (SSSR count). The smallest absolute Gasteiger partial charge is 0.141 e. The number of hydrogen-bond acceptors (Lipinski definition) is 3. The summed E-state index contributed by atoms with van der Waals surface area (Å²) in [5, 5.41) is 0.0644. The third-order valence-electron chi connectivity index (χ3n) is 5.24. The van der Waals surface area contributed by atoms with E-state index in [4.69, 9.17) is 16.3 Å². The van der Waals surface area contributed by atoms with Crippen LogP contribution in [0, 0.1) is 5.82 Å².